The number of aryl methyl sites for hydroxylation is 1. The highest BCUT2D eigenvalue weighted by atomic mass is 35.5. The van der Waals surface area contributed by atoms with Gasteiger partial charge in [-0.05, 0) is 24.6 Å². The van der Waals surface area contributed by atoms with Crippen molar-refractivity contribution in [3.63, 3.8) is 0 Å². The second kappa shape index (κ2) is 8.74. The maximum Gasteiger partial charge on any atom is 0.328 e. The van der Waals surface area contributed by atoms with Crippen molar-refractivity contribution in [3.05, 3.63) is 61.3 Å². The van der Waals surface area contributed by atoms with Crippen LogP contribution in [-0.4, -0.2) is 41.7 Å². The molecule has 1 atom stereocenters. The molecular weight excluding hydrogens is 450 g/mol. The predicted octanol–water partition coefficient (Wildman–Crippen LogP) is 3.73. The van der Waals surface area contributed by atoms with Gasteiger partial charge >= 0.3 is 5.69 Å². The van der Waals surface area contributed by atoms with Gasteiger partial charge in [0.15, 0.2) is 0 Å². The monoisotopic (exact) mass is 468 g/mol. The van der Waals surface area contributed by atoms with Crippen molar-refractivity contribution in [2.24, 2.45) is 0 Å². The number of hydrogen-bond donors (Lipinski definition) is 1. The Bertz CT molecular complexity index is 1290. The molecule has 10 heteroatoms. The van der Waals surface area contributed by atoms with E-state index >= 15 is 0 Å². The van der Waals surface area contributed by atoms with Gasteiger partial charge in [0.2, 0.25) is 0 Å². The van der Waals surface area contributed by atoms with Gasteiger partial charge in [-0.25, -0.2) is 13.6 Å². The van der Waals surface area contributed by atoms with Crippen LogP contribution < -0.4 is 11.2 Å². The fourth-order valence-corrected chi connectivity index (χ4v) is 5.24. The van der Waals surface area contributed by atoms with E-state index in [0.29, 0.717) is 45.9 Å². The van der Waals surface area contributed by atoms with Gasteiger partial charge in [0.05, 0.1) is 41.8 Å². The van der Waals surface area contributed by atoms with Crippen molar-refractivity contribution >= 4 is 34.3 Å². The average Bonchev–Trinajstić information content (AvgIpc) is 2.90. The minimum Gasteiger partial charge on any atom is -0.382 e. The summed E-state index contributed by atoms with van der Waals surface area (Å²) in [6, 6.07) is 3.56. The minimum atomic E-state index is -0.861. The summed E-state index contributed by atoms with van der Waals surface area (Å²) in [5, 5.41) is 0.0975. The van der Waals surface area contributed by atoms with Crippen molar-refractivity contribution in [3.8, 4) is 11.1 Å². The van der Waals surface area contributed by atoms with E-state index in [2.05, 4.69) is 4.98 Å². The topological polar surface area (TPSA) is 73.3 Å². The lowest BCUT2D eigenvalue weighted by atomic mass is 9.97. The van der Waals surface area contributed by atoms with Crippen LogP contribution in [0.3, 0.4) is 0 Å². The molecule has 0 spiro atoms. The smallest absolute Gasteiger partial charge is 0.328 e. The zero-order valence-corrected chi connectivity index (χ0v) is 18.3. The van der Waals surface area contributed by atoms with Gasteiger partial charge in [0.1, 0.15) is 11.6 Å². The van der Waals surface area contributed by atoms with Crippen LogP contribution in [0.5, 0.6) is 0 Å². The van der Waals surface area contributed by atoms with Crippen LogP contribution in [-0.2, 0) is 16.0 Å². The number of aromatic nitrogens is 2. The lowest BCUT2D eigenvalue weighted by Gasteiger charge is -2.17. The Morgan fingerprint density at radius 1 is 1.23 bits per heavy atom. The summed E-state index contributed by atoms with van der Waals surface area (Å²) in [5.41, 5.74) is 0.473. The van der Waals surface area contributed by atoms with Gasteiger partial charge < -0.3 is 9.47 Å². The fourth-order valence-electron chi connectivity index (χ4n) is 3.75. The molecule has 0 saturated heterocycles. The van der Waals surface area contributed by atoms with Crippen LogP contribution >= 0.6 is 23.4 Å². The van der Waals surface area contributed by atoms with E-state index in [4.69, 9.17) is 21.1 Å². The first kappa shape index (κ1) is 22.0. The minimum absolute atomic E-state index is 0.103. The number of aromatic amines is 1. The summed E-state index contributed by atoms with van der Waals surface area (Å²) >= 11 is 7.29. The Labute approximate surface area is 185 Å². The van der Waals surface area contributed by atoms with Crippen LogP contribution in [0.4, 0.5) is 8.78 Å². The SMILES string of the molecule is COCCO[C@H]1CSc2c(-c3cc(Cl)c(F)cc3F)c(C)cc3c(=O)[nH]c(=O)n(c23)C1. The van der Waals surface area contributed by atoms with Crippen LogP contribution in [0.25, 0.3) is 22.0 Å². The van der Waals surface area contributed by atoms with Crippen LogP contribution in [0.15, 0.2) is 32.7 Å². The van der Waals surface area contributed by atoms with Gasteiger partial charge in [0.25, 0.3) is 5.56 Å². The Morgan fingerprint density at radius 3 is 2.74 bits per heavy atom. The predicted molar refractivity (Wildman–Crippen MR) is 116 cm³/mol. The number of methoxy groups -OCH3 is 1. The van der Waals surface area contributed by atoms with Crippen LogP contribution in [0, 0.1) is 18.6 Å². The third kappa shape index (κ3) is 4.03. The third-order valence-electron chi connectivity index (χ3n) is 5.15. The molecule has 6 nitrogen and oxygen atoms in total. The molecule has 0 unspecified atom stereocenters. The molecule has 1 aliphatic rings. The number of benzene rings is 2. The number of nitrogens with zero attached hydrogens (tertiary/aromatic N) is 1. The van der Waals surface area contributed by atoms with Crippen LogP contribution in [0.1, 0.15) is 5.56 Å². The number of rotatable bonds is 5. The van der Waals surface area contributed by atoms with E-state index in [1.165, 1.54) is 22.4 Å². The summed E-state index contributed by atoms with van der Waals surface area (Å²) in [6.45, 7) is 2.68. The van der Waals surface area contributed by atoms with Crippen molar-refractivity contribution in [2.75, 3.05) is 26.1 Å². The lowest BCUT2D eigenvalue weighted by molar-refractivity contribution is 0.0211. The molecule has 0 fully saturated rings. The number of nitrogens with one attached hydrogen (secondary N) is 1. The zero-order valence-electron chi connectivity index (χ0n) is 16.8. The first-order valence-electron chi connectivity index (χ1n) is 9.50. The zero-order chi connectivity index (χ0) is 22.3. The van der Waals surface area contributed by atoms with Gasteiger partial charge in [-0.2, -0.15) is 0 Å². The first-order valence-corrected chi connectivity index (χ1v) is 10.9. The highest BCUT2D eigenvalue weighted by Crippen LogP contribution is 2.42. The molecule has 4 rings (SSSR count). The van der Waals surface area contributed by atoms with Crippen molar-refractivity contribution < 1.29 is 18.3 Å². The van der Waals surface area contributed by atoms with E-state index in [9.17, 15) is 18.4 Å². The lowest BCUT2D eigenvalue weighted by Crippen LogP contribution is -2.34. The van der Waals surface area contributed by atoms with E-state index in [1.54, 1.807) is 20.1 Å². The van der Waals surface area contributed by atoms with E-state index < -0.39 is 22.9 Å². The van der Waals surface area contributed by atoms with Gasteiger partial charge in [-0.15, -0.1) is 11.8 Å². The van der Waals surface area contributed by atoms with Gasteiger partial charge in [-0.1, -0.05) is 11.6 Å². The van der Waals surface area contributed by atoms with Crippen molar-refractivity contribution in [2.45, 2.75) is 24.5 Å². The highest BCUT2D eigenvalue weighted by Gasteiger charge is 2.27. The van der Waals surface area contributed by atoms with E-state index in [-0.39, 0.29) is 23.2 Å². The molecular formula is C21H19ClF2N2O4S. The molecule has 0 bridgehead atoms. The number of thioether (sulfide) groups is 1. The molecule has 0 saturated carbocycles. The van der Waals surface area contributed by atoms with Crippen molar-refractivity contribution in [1.82, 2.24) is 9.55 Å². The molecule has 164 valence electrons. The van der Waals surface area contributed by atoms with Gasteiger partial charge in [0, 0.05) is 35.0 Å². The quantitative estimate of drug-likeness (QED) is 0.456. The van der Waals surface area contributed by atoms with Gasteiger partial charge in [-0.3, -0.25) is 14.3 Å². The maximum absolute atomic E-state index is 14.8. The summed E-state index contributed by atoms with van der Waals surface area (Å²) in [6.07, 6.45) is -0.339. The number of halogens is 3. The largest absolute Gasteiger partial charge is 0.382 e. The van der Waals surface area contributed by atoms with Crippen LogP contribution in [0.2, 0.25) is 5.02 Å². The number of hydrogen-bond acceptors (Lipinski definition) is 5. The molecule has 0 radical (unpaired) electrons. The normalized spacial score (nSPS) is 16.0. The maximum atomic E-state index is 14.8. The standard InChI is InChI=1S/C21H19ClF2N2O4S/c1-10-5-13-18-19(17(10)12-6-14(22)16(24)7-15(12)23)31-9-11(30-4-3-29-2)8-26(18)21(28)25-20(13)27/h5-7,11H,3-4,8-9H2,1-2H3,(H,25,27,28)/t11-/m1/s1. The fraction of sp³-hybridized carbons (Fsp3) is 0.333. The molecule has 0 aliphatic carbocycles. The molecule has 2 aromatic carbocycles. The second-order valence-electron chi connectivity index (χ2n) is 7.21. The number of ether oxygens (including phenoxy) is 2. The molecule has 31 heavy (non-hydrogen) atoms. The summed E-state index contributed by atoms with van der Waals surface area (Å²) in [7, 11) is 1.56. The molecule has 0 amide bonds. The Balaban J connectivity index is 1.98. The van der Waals surface area contributed by atoms with Crippen molar-refractivity contribution in [1.29, 1.82) is 0 Å². The highest BCUT2D eigenvalue weighted by molar-refractivity contribution is 7.99. The van der Waals surface area contributed by atoms with E-state index in [0.717, 1.165) is 6.07 Å². The molecule has 1 aliphatic heterocycles. The molecule has 1 aromatic heterocycles. The van der Waals surface area contributed by atoms with E-state index in [1.807, 2.05) is 0 Å². The Hall–Kier alpha value is -2.20. The summed E-state index contributed by atoms with van der Waals surface area (Å²) in [5.74, 6) is -1.18. The number of H-pyrrole nitrogens is 1. The Kier molecular flexibility index (Phi) is 6.20. The third-order valence-corrected chi connectivity index (χ3v) is 6.67. The Morgan fingerprint density at radius 2 is 2.00 bits per heavy atom. The second-order valence-corrected chi connectivity index (χ2v) is 8.64. The summed E-state index contributed by atoms with van der Waals surface area (Å²) in [4.78, 5) is 28.1. The first-order chi connectivity index (χ1) is 14.8. The molecule has 1 N–H and O–H groups in total. The molecule has 2 heterocycles. The summed E-state index contributed by atoms with van der Waals surface area (Å²) < 4.78 is 40.9. The average molecular weight is 469 g/mol. The molecule has 3 aromatic rings.